The van der Waals surface area contributed by atoms with Crippen LogP contribution in [-0.4, -0.2) is 42.9 Å². The Hall–Kier alpha value is -2.61. The summed E-state index contributed by atoms with van der Waals surface area (Å²) in [4.78, 5) is 39.8. The van der Waals surface area contributed by atoms with Crippen LogP contribution < -0.4 is 5.32 Å². The van der Waals surface area contributed by atoms with Crippen molar-refractivity contribution in [3.8, 4) is 0 Å². The predicted molar refractivity (Wildman–Crippen MR) is 104 cm³/mol. The maximum atomic E-state index is 13.0. The van der Waals surface area contributed by atoms with Gasteiger partial charge >= 0.3 is 5.97 Å². The van der Waals surface area contributed by atoms with E-state index >= 15 is 0 Å². The standard InChI is InChI=1S/C19H24N2O5S/c1-5-9-21(10-6-2)18(23)15-12(3)14(19(24)25-4)17(27-15)20-16(22)13-8-7-11-26-13/h7-8,11H,5-6,9-10H2,1-4H3,(H,20,22). The summed E-state index contributed by atoms with van der Waals surface area (Å²) in [5, 5.41) is 2.94. The maximum absolute atomic E-state index is 13.0. The molecule has 7 nitrogen and oxygen atoms in total. The third-order valence-electron chi connectivity index (χ3n) is 3.98. The Morgan fingerprint density at radius 1 is 1.22 bits per heavy atom. The second-order valence-corrected chi connectivity index (χ2v) is 7.00. The highest BCUT2D eigenvalue weighted by Gasteiger charge is 2.28. The molecule has 0 radical (unpaired) electrons. The second-order valence-electron chi connectivity index (χ2n) is 5.98. The molecule has 0 aliphatic carbocycles. The summed E-state index contributed by atoms with van der Waals surface area (Å²) < 4.78 is 9.93. The normalized spacial score (nSPS) is 10.5. The highest BCUT2D eigenvalue weighted by Crippen LogP contribution is 2.35. The molecule has 27 heavy (non-hydrogen) atoms. The van der Waals surface area contributed by atoms with Gasteiger partial charge in [-0.1, -0.05) is 13.8 Å². The fourth-order valence-electron chi connectivity index (χ4n) is 2.72. The van der Waals surface area contributed by atoms with E-state index in [9.17, 15) is 14.4 Å². The number of rotatable bonds is 8. The fourth-order valence-corrected chi connectivity index (χ4v) is 3.88. The van der Waals surface area contributed by atoms with Crippen molar-refractivity contribution in [3.05, 3.63) is 40.2 Å². The smallest absolute Gasteiger partial charge is 0.341 e. The molecule has 0 bridgehead atoms. The summed E-state index contributed by atoms with van der Waals surface area (Å²) in [7, 11) is 1.26. The average molecular weight is 392 g/mol. The molecule has 0 aliphatic heterocycles. The largest absolute Gasteiger partial charge is 0.465 e. The summed E-state index contributed by atoms with van der Waals surface area (Å²) in [5.74, 6) is -1.13. The fraction of sp³-hybridized carbons (Fsp3) is 0.421. The molecule has 0 aliphatic rings. The van der Waals surface area contributed by atoms with Crippen molar-refractivity contribution >= 4 is 34.1 Å². The van der Waals surface area contributed by atoms with Crippen LogP contribution in [0.15, 0.2) is 22.8 Å². The third kappa shape index (κ3) is 4.57. The quantitative estimate of drug-likeness (QED) is 0.687. The van der Waals surface area contributed by atoms with Crippen LogP contribution in [0.4, 0.5) is 5.00 Å². The molecule has 2 aromatic rings. The minimum Gasteiger partial charge on any atom is -0.465 e. The van der Waals surface area contributed by atoms with Crippen LogP contribution in [0.1, 0.15) is 62.8 Å². The summed E-state index contributed by atoms with van der Waals surface area (Å²) >= 11 is 1.08. The van der Waals surface area contributed by atoms with Gasteiger partial charge in [0.1, 0.15) is 5.00 Å². The van der Waals surface area contributed by atoms with E-state index < -0.39 is 11.9 Å². The van der Waals surface area contributed by atoms with Crippen LogP contribution in [0.25, 0.3) is 0 Å². The number of nitrogens with one attached hydrogen (secondary N) is 1. The molecule has 2 heterocycles. The van der Waals surface area contributed by atoms with Crippen molar-refractivity contribution in [1.29, 1.82) is 0 Å². The van der Waals surface area contributed by atoms with Crippen LogP contribution >= 0.6 is 11.3 Å². The Morgan fingerprint density at radius 3 is 2.41 bits per heavy atom. The molecule has 0 fully saturated rings. The Kier molecular flexibility index (Phi) is 7.18. The maximum Gasteiger partial charge on any atom is 0.341 e. The van der Waals surface area contributed by atoms with E-state index in [1.807, 2.05) is 13.8 Å². The van der Waals surface area contributed by atoms with Crippen LogP contribution in [0.5, 0.6) is 0 Å². The Labute approximate surface area is 162 Å². The zero-order valence-electron chi connectivity index (χ0n) is 16.0. The van der Waals surface area contributed by atoms with Crippen LogP contribution in [0, 0.1) is 6.92 Å². The number of methoxy groups -OCH3 is 1. The summed E-state index contributed by atoms with van der Waals surface area (Å²) in [6.45, 7) is 6.96. The number of anilines is 1. The van der Waals surface area contributed by atoms with E-state index in [0.29, 0.717) is 23.5 Å². The number of amides is 2. The molecule has 146 valence electrons. The van der Waals surface area contributed by atoms with Gasteiger partial charge in [-0.05, 0) is 37.5 Å². The van der Waals surface area contributed by atoms with E-state index in [-0.39, 0.29) is 22.2 Å². The molecule has 8 heteroatoms. The third-order valence-corrected chi connectivity index (χ3v) is 5.17. The van der Waals surface area contributed by atoms with Gasteiger partial charge in [0.15, 0.2) is 5.76 Å². The number of esters is 1. The minimum absolute atomic E-state index is 0.114. The first kappa shape index (κ1) is 20.7. The summed E-state index contributed by atoms with van der Waals surface area (Å²) in [6.07, 6.45) is 3.06. The van der Waals surface area contributed by atoms with Crippen molar-refractivity contribution in [1.82, 2.24) is 4.90 Å². The van der Waals surface area contributed by atoms with E-state index in [2.05, 4.69) is 5.32 Å². The molecule has 2 rings (SSSR count). The number of carbonyl (C=O) groups excluding carboxylic acids is 3. The molecule has 2 aromatic heterocycles. The second kappa shape index (κ2) is 9.36. The minimum atomic E-state index is -0.602. The summed E-state index contributed by atoms with van der Waals surface area (Å²) in [5.41, 5.74) is 0.697. The molecule has 1 N–H and O–H groups in total. The van der Waals surface area contributed by atoms with Gasteiger partial charge in [0.25, 0.3) is 11.8 Å². The Morgan fingerprint density at radius 2 is 1.89 bits per heavy atom. The van der Waals surface area contributed by atoms with Gasteiger partial charge in [-0.3, -0.25) is 9.59 Å². The lowest BCUT2D eigenvalue weighted by atomic mass is 10.1. The number of ether oxygens (including phenoxy) is 1. The highest BCUT2D eigenvalue weighted by molar-refractivity contribution is 7.18. The molecule has 0 spiro atoms. The van der Waals surface area contributed by atoms with Crippen molar-refractivity contribution in [2.45, 2.75) is 33.6 Å². The number of nitrogens with zero attached hydrogens (tertiary/aromatic N) is 1. The van der Waals surface area contributed by atoms with Crippen molar-refractivity contribution in [2.24, 2.45) is 0 Å². The monoisotopic (exact) mass is 392 g/mol. The zero-order chi connectivity index (χ0) is 20.0. The SMILES string of the molecule is CCCN(CCC)C(=O)c1sc(NC(=O)c2ccco2)c(C(=O)OC)c1C. The first-order valence-corrected chi connectivity index (χ1v) is 9.61. The van der Waals surface area contributed by atoms with E-state index in [1.165, 1.54) is 19.4 Å². The van der Waals surface area contributed by atoms with Crippen molar-refractivity contribution < 1.29 is 23.5 Å². The van der Waals surface area contributed by atoms with Gasteiger partial charge in [-0.2, -0.15) is 0 Å². The summed E-state index contributed by atoms with van der Waals surface area (Å²) in [6, 6.07) is 3.11. The van der Waals surface area contributed by atoms with Gasteiger partial charge in [0, 0.05) is 13.1 Å². The lowest BCUT2D eigenvalue weighted by Crippen LogP contribution is -2.32. The topological polar surface area (TPSA) is 88.9 Å². The van der Waals surface area contributed by atoms with Crippen LogP contribution in [-0.2, 0) is 4.74 Å². The average Bonchev–Trinajstić information content (AvgIpc) is 3.29. The van der Waals surface area contributed by atoms with Crippen LogP contribution in [0.3, 0.4) is 0 Å². The highest BCUT2D eigenvalue weighted by atomic mass is 32.1. The number of hydrogen-bond donors (Lipinski definition) is 1. The molecular weight excluding hydrogens is 368 g/mol. The molecule has 2 amide bonds. The lowest BCUT2D eigenvalue weighted by molar-refractivity contribution is 0.0601. The van der Waals surface area contributed by atoms with Crippen LogP contribution in [0.2, 0.25) is 0 Å². The van der Waals surface area contributed by atoms with Crippen molar-refractivity contribution in [2.75, 3.05) is 25.5 Å². The molecular formula is C19H24N2O5S. The first-order chi connectivity index (χ1) is 12.9. The van der Waals surface area contributed by atoms with Gasteiger partial charge in [0.05, 0.1) is 23.8 Å². The van der Waals surface area contributed by atoms with Gasteiger partial charge in [-0.15, -0.1) is 11.3 Å². The van der Waals surface area contributed by atoms with Gasteiger partial charge < -0.3 is 19.4 Å². The zero-order valence-corrected chi connectivity index (χ0v) is 16.8. The van der Waals surface area contributed by atoms with E-state index in [4.69, 9.17) is 9.15 Å². The van der Waals surface area contributed by atoms with Gasteiger partial charge in [0.2, 0.25) is 0 Å². The van der Waals surface area contributed by atoms with Gasteiger partial charge in [-0.25, -0.2) is 4.79 Å². The molecule has 0 unspecified atom stereocenters. The first-order valence-electron chi connectivity index (χ1n) is 8.80. The van der Waals surface area contributed by atoms with E-state index in [1.54, 1.807) is 17.9 Å². The number of thiophene rings is 1. The van der Waals surface area contributed by atoms with E-state index in [0.717, 1.165) is 24.2 Å². The molecule has 0 saturated carbocycles. The molecule has 0 atom stereocenters. The number of carbonyl (C=O) groups is 3. The predicted octanol–water partition coefficient (Wildman–Crippen LogP) is 3.95. The lowest BCUT2D eigenvalue weighted by Gasteiger charge is -2.21. The Balaban J connectivity index is 2.41. The Bertz CT molecular complexity index is 804. The van der Waals surface area contributed by atoms with Crippen molar-refractivity contribution in [3.63, 3.8) is 0 Å². The molecule has 0 saturated heterocycles. The number of hydrogen-bond acceptors (Lipinski definition) is 6. The number of furan rings is 1. The molecule has 0 aromatic carbocycles.